The molecule has 1 aromatic heterocycles. The van der Waals surface area contributed by atoms with E-state index in [9.17, 15) is 9.90 Å². The highest BCUT2D eigenvalue weighted by molar-refractivity contribution is 5.87. The van der Waals surface area contributed by atoms with Gasteiger partial charge in [0.05, 0.1) is 12.3 Å². The molecule has 1 aromatic carbocycles. The Bertz CT molecular complexity index is 593. The molecule has 19 heavy (non-hydrogen) atoms. The van der Waals surface area contributed by atoms with E-state index in [4.69, 9.17) is 10.5 Å². The third-order valence-corrected chi connectivity index (χ3v) is 2.61. The molecule has 2 rings (SSSR count). The van der Waals surface area contributed by atoms with Gasteiger partial charge >= 0.3 is 5.97 Å². The van der Waals surface area contributed by atoms with Crippen LogP contribution in [0.15, 0.2) is 30.3 Å². The van der Waals surface area contributed by atoms with Crippen molar-refractivity contribution >= 4 is 5.97 Å². The van der Waals surface area contributed by atoms with Gasteiger partial charge in [-0.1, -0.05) is 18.2 Å². The van der Waals surface area contributed by atoms with Crippen LogP contribution in [0.5, 0.6) is 5.88 Å². The van der Waals surface area contributed by atoms with Crippen LogP contribution in [0.4, 0.5) is 0 Å². The third-order valence-electron chi connectivity index (χ3n) is 2.61. The summed E-state index contributed by atoms with van der Waals surface area (Å²) in [4.78, 5) is 11.6. The molecule has 0 fully saturated rings. The summed E-state index contributed by atoms with van der Waals surface area (Å²) >= 11 is 0. The van der Waals surface area contributed by atoms with Crippen molar-refractivity contribution in [2.45, 2.75) is 13.5 Å². The van der Waals surface area contributed by atoms with Crippen molar-refractivity contribution in [3.05, 3.63) is 41.6 Å². The van der Waals surface area contributed by atoms with Crippen molar-refractivity contribution in [2.24, 2.45) is 5.73 Å². The fourth-order valence-corrected chi connectivity index (χ4v) is 1.74. The largest absolute Gasteiger partial charge is 0.493 e. The fourth-order valence-electron chi connectivity index (χ4n) is 1.74. The topological polar surface area (TPSA) is 90.4 Å². The molecule has 3 N–H and O–H groups in total. The number of carbonyl (C=O) groups is 1. The van der Waals surface area contributed by atoms with Gasteiger partial charge in [0, 0.05) is 12.6 Å². The molecule has 0 spiro atoms. The van der Waals surface area contributed by atoms with Gasteiger partial charge in [-0.25, -0.2) is 9.48 Å². The van der Waals surface area contributed by atoms with E-state index in [0.717, 1.165) is 5.56 Å². The Morgan fingerprint density at radius 2 is 2.21 bits per heavy atom. The lowest BCUT2D eigenvalue weighted by Crippen LogP contribution is -2.08. The molecule has 6 nitrogen and oxygen atoms in total. The Balaban J connectivity index is 2.43. The summed E-state index contributed by atoms with van der Waals surface area (Å²) in [6.45, 7) is 2.27. The van der Waals surface area contributed by atoms with E-state index in [-0.39, 0.29) is 18.2 Å². The average molecular weight is 261 g/mol. The molecular formula is C13H15N3O3. The second-order valence-corrected chi connectivity index (χ2v) is 3.85. The van der Waals surface area contributed by atoms with Gasteiger partial charge in [0.15, 0.2) is 5.69 Å². The van der Waals surface area contributed by atoms with Crippen molar-refractivity contribution in [1.29, 1.82) is 0 Å². The quantitative estimate of drug-likeness (QED) is 0.807. The molecule has 6 heteroatoms. The van der Waals surface area contributed by atoms with Crippen LogP contribution in [-0.2, 0) is 11.3 Å². The number of para-hydroxylation sites is 1. The fraction of sp³-hybridized carbons (Fsp3) is 0.231. The van der Waals surface area contributed by atoms with Crippen molar-refractivity contribution in [3.63, 3.8) is 0 Å². The van der Waals surface area contributed by atoms with Crippen molar-refractivity contribution in [2.75, 3.05) is 6.61 Å². The van der Waals surface area contributed by atoms with Crippen LogP contribution in [0.1, 0.15) is 23.0 Å². The second kappa shape index (κ2) is 5.53. The van der Waals surface area contributed by atoms with Crippen molar-refractivity contribution < 1.29 is 14.6 Å². The SMILES string of the molecule is CCOC(=O)c1cc(O)n(-c2ccccc2CN)n1. The zero-order valence-electron chi connectivity index (χ0n) is 10.5. The van der Waals surface area contributed by atoms with Crippen LogP contribution in [0.3, 0.4) is 0 Å². The number of nitrogens with two attached hydrogens (primary N) is 1. The number of aromatic hydroxyl groups is 1. The molecule has 0 atom stereocenters. The summed E-state index contributed by atoms with van der Waals surface area (Å²) in [7, 11) is 0. The highest BCUT2D eigenvalue weighted by Gasteiger charge is 2.16. The van der Waals surface area contributed by atoms with Crippen LogP contribution < -0.4 is 5.73 Å². The predicted molar refractivity (Wildman–Crippen MR) is 69.1 cm³/mol. The lowest BCUT2D eigenvalue weighted by Gasteiger charge is -2.07. The third kappa shape index (κ3) is 2.58. The Hall–Kier alpha value is -2.34. The van der Waals surface area contributed by atoms with E-state index in [0.29, 0.717) is 12.2 Å². The van der Waals surface area contributed by atoms with Gasteiger partial charge in [-0.15, -0.1) is 0 Å². The summed E-state index contributed by atoms with van der Waals surface area (Å²) < 4.78 is 6.11. The van der Waals surface area contributed by atoms with Gasteiger partial charge in [0.1, 0.15) is 0 Å². The van der Waals surface area contributed by atoms with Crippen LogP contribution in [0.2, 0.25) is 0 Å². The van der Waals surface area contributed by atoms with Crippen LogP contribution in [0.25, 0.3) is 5.69 Å². The molecule has 0 saturated heterocycles. The zero-order chi connectivity index (χ0) is 13.8. The van der Waals surface area contributed by atoms with Gasteiger partial charge in [-0.2, -0.15) is 5.10 Å². The molecule has 0 aliphatic rings. The van der Waals surface area contributed by atoms with Gasteiger partial charge in [-0.3, -0.25) is 0 Å². The lowest BCUT2D eigenvalue weighted by atomic mass is 10.2. The number of aromatic nitrogens is 2. The van der Waals surface area contributed by atoms with Gasteiger partial charge in [0.2, 0.25) is 5.88 Å². The first-order valence-electron chi connectivity index (χ1n) is 5.91. The van der Waals surface area contributed by atoms with Crippen LogP contribution in [0, 0.1) is 0 Å². The maximum atomic E-state index is 11.6. The van der Waals surface area contributed by atoms with Crippen molar-refractivity contribution in [1.82, 2.24) is 9.78 Å². The first-order chi connectivity index (χ1) is 9.17. The minimum atomic E-state index is -0.568. The summed E-state index contributed by atoms with van der Waals surface area (Å²) in [6.07, 6.45) is 0. The molecule has 2 aromatic rings. The van der Waals surface area contributed by atoms with Crippen molar-refractivity contribution in [3.8, 4) is 11.6 Å². The molecule has 0 bridgehead atoms. The first kappa shape index (κ1) is 13.1. The Morgan fingerprint density at radius 1 is 1.47 bits per heavy atom. The molecule has 0 radical (unpaired) electrons. The summed E-state index contributed by atoms with van der Waals surface area (Å²) in [5.41, 5.74) is 7.15. The number of nitrogens with zero attached hydrogens (tertiary/aromatic N) is 2. The molecular weight excluding hydrogens is 246 g/mol. The van der Waals surface area contributed by atoms with E-state index >= 15 is 0 Å². The van der Waals surface area contributed by atoms with Gasteiger partial charge < -0.3 is 15.6 Å². The number of hydrogen-bond donors (Lipinski definition) is 2. The van der Waals surface area contributed by atoms with Crippen LogP contribution in [-0.4, -0.2) is 27.5 Å². The Morgan fingerprint density at radius 3 is 2.89 bits per heavy atom. The summed E-state index contributed by atoms with van der Waals surface area (Å²) in [6, 6.07) is 8.52. The maximum absolute atomic E-state index is 11.6. The molecule has 100 valence electrons. The minimum absolute atomic E-state index is 0.0613. The smallest absolute Gasteiger partial charge is 0.358 e. The average Bonchev–Trinajstić information content (AvgIpc) is 2.81. The minimum Gasteiger partial charge on any atom is -0.493 e. The molecule has 0 aliphatic carbocycles. The molecule has 0 saturated carbocycles. The monoisotopic (exact) mass is 261 g/mol. The molecule has 0 amide bonds. The second-order valence-electron chi connectivity index (χ2n) is 3.85. The number of carbonyl (C=O) groups excluding carboxylic acids is 1. The van der Waals surface area contributed by atoms with Crippen LogP contribution >= 0.6 is 0 Å². The Labute approximate surface area is 110 Å². The standard InChI is InChI=1S/C13H15N3O3/c1-2-19-13(18)10-7-12(17)16(15-10)11-6-4-3-5-9(11)8-14/h3-7,17H,2,8,14H2,1H3. The highest BCUT2D eigenvalue weighted by atomic mass is 16.5. The number of rotatable bonds is 4. The van der Waals surface area contributed by atoms with E-state index in [1.54, 1.807) is 19.1 Å². The number of ether oxygens (including phenoxy) is 1. The predicted octanol–water partition coefficient (Wildman–Crippen LogP) is 1.21. The van der Waals surface area contributed by atoms with Gasteiger partial charge in [-0.05, 0) is 18.6 Å². The first-order valence-corrected chi connectivity index (χ1v) is 5.91. The van der Waals surface area contributed by atoms with Gasteiger partial charge in [0.25, 0.3) is 0 Å². The zero-order valence-corrected chi connectivity index (χ0v) is 10.5. The number of esters is 1. The molecule has 1 heterocycles. The Kier molecular flexibility index (Phi) is 3.82. The van der Waals surface area contributed by atoms with E-state index in [1.165, 1.54) is 10.7 Å². The summed E-state index contributed by atoms with van der Waals surface area (Å²) in [5.74, 6) is -0.703. The van der Waals surface area contributed by atoms with E-state index in [1.807, 2.05) is 12.1 Å². The molecule has 0 aliphatic heterocycles. The molecule has 0 unspecified atom stereocenters. The lowest BCUT2D eigenvalue weighted by molar-refractivity contribution is 0.0519. The number of benzene rings is 1. The van der Waals surface area contributed by atoms with E-state index in [2.05, 4.69) is 5.10 Å². The normalized spacial score (nSPS) is 10.4. The highest BCUT2D eigenvalue weighted by Crippen LogP contribution is 2.21. The maximum Gasteiger partial charge on any atom is 0.358 e. The van der Waals surface area contributed by atoms with E-state index < -0.39 is 5.97 Å². The number of hydrogen-bond acceptors (Lipinski definition) is 5. The summed E-state index contributed by atoms with van der Waals surface area (Å²) in [5, 5.41) is 13.9.